The molecule has 0 spiro atoms. The summed E-state index contributed by atoms with van der Waals surface area (Å²) in [5.41, 5.74) is 1.24. The fraction of sp³-hybridized carbons (Fsp3) is 0.406. The van der Waals surface area contributed by atoms with Gasteiger partial charge in [0, 0.05) is 0 Å². The summed E-state index contributed by atoms with van der Waals surface area (Å²) in [5.74, 6) is -2.57. The number of hydrogen-bond acceptors (Lipinski definition) is 3. The summed E-state index contributed by atoms with van der Waals surface area (Å²) < 4.78 is 54.7. The van der Waals surface area contributed by atoms with Crippen molar-refractivity contribution in [1.29, 1.82) is 0 Å². The summed E-state index contributed by atoms with van der Waals surface area (Å²) in [6.45, 7) is 4.34. The third kappa shape index (κ3) is 6.58. The van der Waals surface area contributed by atoms with Crippen molar-refractivity contribution in [3.63, 3.8) is 0 Å². The molecule has 0 atom stereocenters. The van der Waals surface area contributed by atoms with E-state index in [1.807, 2.05) is 0 Å². The van der Waals surface area contributed by atoms with Crippen LogP contribution in [-0.2, 0) is 0 Å². The first-order valence-electron chi connectivity index (χ1n) is 13.6. The maximum atomic E-state index is 15.0. The molecule has 1 saturated carbocycles. The van der Waals surface area contributed by atoms with E-state index >= 15 is 4.39 Å². The molecule has 3 aromatic rings. The molecule has 3 nitrogen and oxygen atoms in total. The number of carbonyl (C=O) groups is 1. The largest absolute Gasteiger partial charge is 0.491 e. The van der Waals surface area contributed by atoms with Gasteiger partial charge in [0.05, 0.1) is 12.2 Å². The molecule has 0 N–H and O–H groups in total. The Morgan fingerprint density at radius 1 is 0.842 bits per heavy atom. The summed E-state index contributed by atoms with van der Waals surface area (Å²) in [7, 11) is 0. The van der Waals surface area contributed by atoms with Gasteiger partial charge in [-0.25, -0.2) is 18.0 Å². The Kier molecular flexibility index (Phi) is 9.48. The molecule has 0 saturated heterocycles. The second kappa shape index (κ2) is 13.0. The molecule has 1 aliphatic carbocycles. The van der Waals surface area contributed by atoms with Crippen molar-refractivity contribution >= 4 is 5.97 Å². The van der Waals surface area contributed by atoms with E-state index in [1.165, 1.54) is 56.0 Å². The topological polar surface area (TPSA) is 35.5 Å². The number of ether oxygens (including phenoxy) is 2. The molecule has 0 aromatic heterocycles. The molecule has 0 bridgehead atoms. The Balaban J connectivity index is 1.39. The lowest BCUT2D eigenvalue weighted by atomic mass is 9.76. The third-order valence-electron chi connectivity index (χ3n) is 7.46. The van der Waals surface area contributed by atoms with Gasteiger partial charge < -0.3 is 9.47 Å². The van der Waals surface area contributed by atoms with E-state index in [0.29, 0.717) is 29.2 Å². The highest BCUT2D eigenvalue weighted by Gasteiger charge is 2.28. The minimum Gasteiger partial charge on any atom is -0.491 e. The van der Waals surface area contributed by atoms with E-state index in [0.717, 1.165) is 25.7 Å². The van der Waals surface area contributed by atoms with Crippen LogP contribution in [0.2, 0.25) is 0 Å². The first kappa shape index (κ1) is 27.7. The number of unbranched alkanes of at least 4 members (excludes halogenated alkanes) is 2. The van der Waals surface area contributed by atoms with Crippen molar-refractivity contribution in [3.8, 4) is 22.6 Å². The Labute approximate surface area is 223 Å². The van der Waals surface area contributed by atoms with E-state index in [2.05, 4.69) is 6.92 Å². The van der Waals surface area contributed by atoms with Gasteiger partial charge in [-0.15, -0.1) is 0 Å². The average molecular weight is 525 g/mol. The van der Waals surface area contributed by atoms with Crippen LogP contribution in [0, 0.1) is 23.4 Å². The zero-order chi connectivity index (χ0) is 27.1. The van der Waals surface area contributed by atoms with Crippen LogP contribution in [0.5, 0.6) is 11.5 Å². The molecule has 38 heavy (non-hydrogen) atoms. The first-order chi connectivity index (χ1) is 18.4. The highest BCUT2D eigenvalue weighted by molar-refractivity contribution is 5.91. The van der Waals surface area contributed by atoms with Gasteiger partial charge in [-0.05, 0) is 91.5 Å². The van der Waals surface area contributed by atoms with Crippen LogP contribution in [0.1, 0.15) is 87.1 Å². The summed E-state index contributed by atoms with van der Waals surface area (Å²) in [5, 5.41) is 0. The lowest BCUT2D eigenvalue weighted by Gasteiger charge is -2.29. The van der Waals surface area contributed by atoms with Gasteiger partial charge in [0.15, 0.2) is 23.2 Å². The summed E-state index contributed by atoms with van der Waals surface area (Å²) >= 11 is 0. The van der Waals surface area contributed by atoms with Gasteiger partial charge in [-0.2, -0.15) is 0 Å². The predicted octanol–water partition coefficient (Wildman–Crippen LogP) is 9.24. The lowest BCUT2D eigenvalue weighted by molar-refractivity contribution is 0.0728. The third-order valence-corrected chi connectivity index (χ3v) is 7.46. The molecule has 4 rings (SSSR count). The monoisotopic (exact) mass is 524 g/mol. The molecule has 0 unspecified atom stereocenters. The van der Waals surface area contributed by atoms with Crippen LogP contribution in [0.15, 0.2) is 54.6 Å². The first-order valence-corrected chi connectivity index (χ1v) is 13.6. The van der Waals surface area contributed by atoms with Gasteiger partial charge in [-0.3, -0.25) is 0 Å². The van der Waals surface area contributed by atoms with Gasteiger partial charge in [0.1, 0.15) is 5.75 Å². The van der Waals surface area contributed by atoms with E-state index in [9.17, 15) is 13.6 Å². The van der Waals surface area contributed by atoms with Crippen molar-refractivity contribution in [2.24, 2.45) is 5.92 Å². The Bertz CT molecular complexity index is 1230. The van der Waals surface area contributed by atoms with Crippen LogP contribution in [0.3, 0.4) is 0 Å². The molecule has 0 radical (unpaired) electrons. The zero-order valence-electron chi connectivity index (χ0n) is 22.1. The predicted molar refractivity (Wildman–Crippen MR) is 143 cm³/mol. The molecule has 202 valence electrons. The Hall–Kier alpha value is -3.28. The minimum absolute atomic E-state index is 0.0306. The van der Waals surface area contributed by atoms with E-state index in [-0.39, 0.29) is 17.4 Å². The molecular weight excluding hydrogens is 489 g/mol. The van der Waals surface area contributed by atoms with Crippen molar-refractivity contribution in [2.75, 3.05) is 6.61 Å². The Morgan fingerprint density at radius 3 is 2.21 bits per heavy atom. The standard InChI is InChI=1S/C32H35F3O3/c1-3-5-6-7-21-8-10-23(11-9-21)26-17-18-27(31(35)30(26)34)32(36)38-25-15-12-22(13-16-25)24-14-19-29(37-4-2)28(33)20-24/h12-21,23H,3-11H2,1-2H3. The molecule has 1 aliphatic rings. The normalized spacial score (nSPS) is 17.3. The fourth-order valence-electron chi connectivity index (χ4n) is 5.31. The van der Waals surface area contributed by atoms with Crippen LogP contribution in [0.25, 0.3) is 11.1 Å². The number of rotatable bonds is 10. The number of carbonyl (C=O) groups excluding carboxylic acids is 1. The average Bonchev–Trinajstić information content (AvgIpc) is 2.92. The fourth-order valence-corrected chi connectivity index (χ4v) is 5.31. The minimum atomic E-state index is -1.17. The molecule has 0 amide bonds. The molecular formula is C32H35F3O3. The van der Waals surface area contributed by atoms with Gasteiger partial charge >= 0.3 is 5.97 Å². The highest BCUT2D eigenvalue weighted by atomic mass is 19.2. The Morgan fingerprint density at radius 2 is 1.55 bits per heavy atom. The quantitative estimate of drug-likeness (QED) is 0.151. The maximum Gasteiger partial charge on any atom is 0.346 e. The number of benzene rings is 3. The lowest BCUT2D eigenvalue weighted by Crippen LogP contribution is -2.17. The molecule has 3 aromatic carbocycles. The number of hydrogen-bond donors (Lipinski definition) is 0. The summed E-state index contributed by atoms with van der Waals surface area (Å²) in [4.78, 5) is 12.6. The SMILES string of the molecule is CCCCCC1CCC(c2ccc(C(=O)Oc3ccc(-c4ccc(OCC)c(F)c4)cc3)c(F)c2F)CC1. The van der Waals surface area contributed by atoms with Gasteiger partial charge in [-0.1, -0.05) is 56.9 Å². The highest BCUT2D eigenvalue weighted by Crippen LogP contribution is 2.39. The summed E-state index contributed by atoms with van der Waals surface area (Å²) in [6, 6.07) is 13.9. The zero-order valence-corrected chi connectivity index (χ0v) is 22.1. The van der Waals surface area contributed by atoms with Gasteiger partial charge in [0.25, 0.3) is 0 Å². The van der Waals surface area contributed by atoms with Gasteiger partial charge in [0.2, 0.25) is 0 Å². The molecule has 6 heteroatoms. The summed E-state index contributed by atoms with van der Waals surface area (Å²) in [6.07, 6.45) is 8.60. The van der Waals surface area contributed by atoms with E-state index < -0.39 is 29.0 Å². The molecule has 0 heterocycles. The number of esters is 1. The number of halogens is 3. The molecule has 0 aliphatic heterocycles. The molecule has 1 fully saturated rings. The second-order valence-corrected chi connectivity index (χ2v) is 10.0. The van der Waals surface area contributed by atoms with Crippen molar-refractivity contribution < 1.29 is 27.4 Å². The van der Waals surface area contributed by atoms with Crippen LogP contribution < -0.4 is 9.47 Å². The van der Waals surface area contributed by atoms with Crippen molar-refractivity contribution in [1.82, 2.24) is 0 Å². The van der Waals surface area contributed by atoms with Crippen LogP contribution >= 0.6 is 0 Å². The second-order valence-electron chi connectivity index (χ2n) is 10.0. The smallest absolute Gasteiger partial charge is 0.346 e. The van der Waals surface area contributed by atoms with E-state index in [1.54, 1.807) is 31.2 Å². The van der Waals surface area contributed by atoms with Crippen LogP contribution in [0.4, 0.5) is 13.2 Å². The maximum absolute atomic E-state index is 15.0. The van der Waals surface area contributed by atoms with Crippen molar-refractivity contribution in [2.45, 2.75) is 71.1 Å². The van der Waals surface area contributed by atoms with Crippen molar-refractivity contribution in [3.05, 3.63) is 83.2 Å². The van der Waals surface area contributed by atoms with E-state index in [4.69, 9.17) is 9.47 Å². The van der Waals surface area contributed by atoms with Crippen LogP contribution in [-0.4, -0.2) is 12.6 Å².